The van der Waals surface area contributed by atoms with Gasteiger partial charge in [-0.25, -0.2) is 19.9 Å². The number of ether oxygens (including phenoxy) is 1. The number of carbonyl (C=O) groups is 1. The fourth-order valence-corrected chi connectivity index (χ4v) is 3.21. The number of pyridine rings is 1. The second-order valence-corrected chi connectivity index (χ2v) is 7.56. The molecule has 4 aromatic rings. The number of benzene rings is 1. The van der Waals surface area contributed by atoms with E-state index in [0.29, 0.717) is 22.5 Å². The monoisotopic (exact) mass is 458 g/mol. The highest BCUT2D eigenvalue weighted by molar-refractivity contribution is 6.20. The third-order valence-electron chi connectivity index (χ3n) is 4.52. The van der Waals surface area contributed by atoms with Gasteiger partial charge in [0.15, 0.2) is 0 Å². The molecular weight excluding hydrogens is 442 g/mol. The van der Waals surface area contributed by atoms with Crippen LogP contribution in [0.5, 0.6) is 5.75 Å². The maximum atomic E-state index is 12.9. The third-order valence-corrected chi connectivity index (χ3v) is 4.60. The van der Waals surface area contributed by atoms with Gasteiger partial charge >= 0.3 is 5.57 Å². The second kappa shape index (κ2) is 8.46. The lowest BCUT2D eigenvalue weighted by molar-refractivity contribution is -0.0964. The minimum atomic E-state index is -3.82. The number of halogens is 3. The molecule has 0 spiro atoms. The lowest BCUT2D eigenvalue weighted by Crippen LogP contribution is -2.16. The molecule has 0 atom stereocenters. The van der Waals surface area contributed by atoms with Gasteiger partial charge in [-0.15, -0.1) is 8.78 Å². The van der Waals surface area contributed by atoms with Crippen molar-refractivity contribution in [3.63, 3.8) is 0 Å². The summed E-state index contributed by atoms with van der Waals surface area (Å²) < 4.78 is 31.7. The molecule has 0 radical (unpaired) electrons. The van der Waals surface area contributed by atoms with E-state index >= 15 is 0 Å². The molecule has 0 saturated carbocycles. The van der Waals surface area contributed by atoms with E-state index in [2.05, 4.69) is 30.0 Å². The van der Waals surface area contributed by atoms with Crippen molar-refractivity contribution in [2.24, 2.45) is 0 Å². The smallest absolute Gasteiger partial charge is 0.420 e. The lowest BCUT2D eigenvalue weighted by atomic mass is 10.1. The quantitative estimate of drug-likeness (QED) is 0.413. The zero-order valence-corrected chi connectivity index (χ0v) is 17.7. The number of hydrogen-bond acceptors (Lipinski definition) is 6. The number of rotatable bonds is 6. The Bertz CT molecular complexity index is 1260. The van der Waals surface area contributed by atoms with Crippen LogP contribution in [0.3, 0.4) is 0 Å². The van der Waals surface area contributed by atoms with E-state index in [1.165, 1.54) is 30.6 Å². The molecule has 0 bridgehead atoms. The largest absolute Gasteiger partial charge is 0.487 e. The molecule has 0 unspecified atom stereocenters. The first kappa shape index (κ1) is 21.6. The van der Waals surface area contributed by atoms with Gasteiger partial charge in [-0.2, -0.15) is 0 Å². The van der Waals surface area contributed by atoms with Gasteiger partial charge in [-0.1, -0.05) is 0 Å². The van der Waals surface area contributed by atoms with Crippen LogP contribution < -0.4 is 10.1 Å². The maximum Gasteiger partial charge on any atom is 0.487 e. The summed E-state index contributed by atoms with van der Waals surface area (Å²) in [5.74, 6) is -0.645. The van der Waals surface area contributed by atoms with Gasteiger partial charge in [0.2, 0.25) is 0 Å². The summed E-state index contributed by atoms with van der Waals surface area (Å²) in [4.78, 5) is 30.0. The van der Waals surface area contributed by atoms with E-state index in [4.69, 9.17) is 11.6 Å². The average Bonchev–Trinajstić information content (AvgIpc) is 3.18. The number of fused-ring (bicyclic) bond motifs is 1. The highest BCUT2D eigenvalue weighted by atomic mass is 35.5. The summed E-state index contributed by atoms with van der Waals surface area (Å²) in [5, 5.41) is 2.68. The number of anilines is 1. The van der Waals surface area contributed by atoms with Gasteiger partial charge in [-0.3, -0.25) is 4.79 Å². The van der Waals surface area contributed by atoms with E-state index in [-0.39, 0.29) is 17.5 Å². The number of aromatic nitrogens is 5. The molecule has 0 saturated heterocycles. The number of carbonyl (C=O) groups excluding carboxylic acids is 1. The van der Waals surface area contributed by atoms with E-state index in [0.717, 1.165) is 5.52 Å². The lowest BCUT2D eigenvalue weighted by Gasteiger charge is -2.13. The predicted octanol–water partition coefficient (Wildman–Crippen LogP) is 4.89. The number of nitrogens with zero attached hydrogens (tertiary/aromatic N) is 5. The minimum Gasteiger partial charge on any atom is -0.420 e. The molecule has 4 rings (SSSR count). The van der Waals surface area contributed by atoms with Crippen LogP contribution in [0.4, 0.5) is 14.5 Å². The standard InChI is InChI=1S/C21H17ClF2N6O2/c1-12(2)30-11-27-16-7-17(29-18(19(16)30)13-8-25-10-26-9-13)20(31)28-14-3-5-15(6-4-14)32-21(22,23)24/h3-12H,1-2H3,(H,28,31). The zero-order valence-electron chi connectivity index (χ0n) is 17.0. The van der Waals surface area contributed by atoms with Crippen LogP contribution in [0.25, 0.3) is 22.3 Å². The fourth-order valence-electron chi connectivity index (χ4n) is 3.13. The highest BCUT2D eigenvalue weighted by Crippen LogP contribution is 2.29. The van der Waals surface area contributed by atoms with Crippen molar-refractivity contribution < 1.29 is 18.3 Å². The summed E-state index contributed by atoms with van der Waals surface area (Å²) in [7, 11) is 0. The topological polar surface area (TPSA) is 94.8 Å². The summed E-state index contributed by atoms with van der Waals surface area (Å²) in [6.45, 7) is 4.03. The van der Waals surface area contributed by atoms with Crippen molar-refractivity contribution in [3.05, 3.63) is 61.1 Å². The van der Waals surface area contributed by atoms with Crippen molar-refractivity contribution in [1.29, 1.82) is 0 Å². The van der Waals surface area contributed by atoms with Crippen molar-refractivity contribution in [2.75, 3.05) is 5.32 Å². The molecule has 1 amide bonds. The normalized spacial score (nSPS) is 11.7. The molecule has 1 aromatic carbocycles. The molecule has 8 nitrogen and oxygen atoms in total. The summed E-state index contributed by atoms with van der Waals surface area (Å²) in [5.41, 5.74) is -0.829. The fraction of sp³-hybridized carbons (Fsp3) is 0.190. The summed E-state index contributed by atoms with van der Waals surface area (Å²) in [6, 6.07) is 7.05. The second-order valence-electron chi connectivity index (χ2n) is 7.12. The van der Waals surface area contributed by atoms with Crippen molar-refractivity contribution in [3.8, 4) is 17.0 Å². The van der Waals surface area contributed by atoms with Gasteiger partial charge in [0, 0.05) is 41.3 Å². The van der Waals surface area contributed by atoms with Crippen LogP contribution in [-0.4, -0.2) is 36.0 Å². The number of nitrogens with one attached hydrogen (secondary N) is 1. The first-order chi connectivity index (χ1) is 15.2. The Morgan fingerprint density at radius 2 is 1.88 bits per heavy atom. The number of hydrogen-bond donors (Lipinski definition) is 1. The zero-order chi connectivity index (χ0) is 22.9. The van der Waals surface area contributed by atoms with Crippen LogP contribution in [0.2, 0.25) is 0 Å². The molecule has 32 heavy (non-hydrogen) atoms. The molecule has 3 heterocycles. The van der Waals surface area contributed by atoms with E-state index < -0.39 is 11.5 Å². The molecule has 0 fully saturated rings. The Morgan fingerprint density at radius 1 is 1.19 bits per heavy atom. The van der Waals surface area contributed by atoms with Crippen LogP contribution in [-0.2, 0) is 0 Å². The van der Waals surface area contributed by atoms with Gasteiger partial charge < -0.3 is 14.6 Å². The van der Waals surface area contributed by atoms with E-state index in [1.54, 1.807) is 24.8 Å². The maximum absolute atomic E-state index is 12.9. The van der Waals surface area contributed by atoms with Crippen LogP contribution in [0, 0.1) is 0 Å². The molecule has 0 aliphatic carbocycles. The van der Waals surface area contributed by atoms with Gasteiger partial charge in [0.05, 0.1) is 17.4 Å². The Labute approximate surface area is 186 Å². The number of imidazole rings is 1. The molecule has 164 valence electrons. The Hall–Kier alpha value is -3.66. The number of amides is 1. The van der Waals surface area contributed by atoms with Crippen molar-refractivity contribution in [1.82, 2.24) is 24.5 Å². The van der Waals surface area contributed by atoms with Crippen LogP contribution >= 0.6 is 11.6 Å². The first-order valence-electron chi connectivity index (χ1n) is 9.51. The molecule has 0 aliphatic heterocycles. The summed E-state index contributed by atoms with van der Waals surface area (Å²) in [6.07, 6.45) is 6.32. The minimum absolute atomic E-state index is 0.117. The van der Waals surface area contributed by atoms with Gasteiger partial charge in [-0.05, 0) is 44.2 Å². The van der Waals surface area contributed by atoms with Gasteiger partial charge in [0.1, 0.15) is 23.5 Å². The SMILES string of the molecule is CC(C)n1cnc2cc(C(=O)Nc3ccc(OC(F)(F)Cl)cc3)nc(-c3cncnc3)c21. The molecule has 3 aromatic heterocycles. The Kier molecular flexibility index (Phi) is 5.70. The average molecular weight is 459 g/mol. The van der Waals surface area contributed by atoms with Crippen molar-refractivity contribution >= 4 is 34.2 Å². The Morgan fingerprint density at radius 3 is 2.50 bits per heavy atom. The first-order valence-corrected chi connectivity index (χ1v) is 9.89. The molecule has 11 heteroatoms. The molecule has 1 N–H and O–H groups in total. The van der Waals surface area contributed by atoms with Crippen molar-refractivity contribution in [2.45, 2.75) is 25.5 Å². The number of alkyl halides is 3. The highest BCUT2D eigenvalue weighted by Gasteiger charge is 2.27. The Balaban J connectivity index is 1.68. The van der Waals surface area contributed by atoms with Crippen LogP contribution in [0.15, 0.2) is 55.4 Å². The van der Waals surface area contributed by atoms with E-state index in [9.17, 15) is 13.6 Å². The molecule has 0 aliphatic rings. The predicted molar refractivity (Wildman–Crippen MR) is 115 cm³/mol. The van der Waals surface area contributed by atoms with Crippen LogP contribution in [0.1, 0.15) is 30.4 Å². The summed E-state index contributed by atoms with van der Waals surface area (Å²) >= 11 is 4.76. The van der Waals surface area contributed by atoms with E-state index in [1.807, 2.05) is 18.4 Å². The third kappa shape index (κ3) is 4.65. The molecular formula is C21H17ClF2N6O2. The van der Waals surface area contributed by atoms with Gasteiger partial charge in [0.25, 0.3) is 5.91 Å².